The van der Waals surface area contributed by atoms with Crippen LogP contribution in [0.25, 0.3) is 47.7 Å². The monoisotopic (exact) mass is 568 g/mol. The second-order valence-electron chi connectivity index (χ2n) is 10.6. The molecule has 1 atom stereocenters. The fraction of sp³-hybridized carbons (Fsp3) is 0.0256. The van der Waals surface area contributed by atoms with Crippen LogP contribution in [-0.2, 0) is 0 Å². The van der Waals surface area contributed by atoms with Crippen LogP contribution < -0.4 is 0 Å². The number of amidine groups is 2. The van der Waals surface area contributed by atoms with Crippen molar-refractivity contribution in [1.29, 1.82) is 0 Å². The van der Waals surface area contributed by atoms with Crippen LogP contribution in [0.3, 0.4) is 0 Å². The van der Waals surface area contributed by atoms with Gasteiger partial charge in [-0.3, -0.25) is 4.99 Å². The van der Waals surface area contributed by atoms with Crippen LogP contribution in [0.5, 0.6) is 0 Å². The van der Waals surface area contributed by atoms with Crippen molar-refractivity contribution in [2.24, 2.45) is 9.98 Å². The molecule has 4 heteroatoms. The SMILES string of the molecule is c1ccc(C2=NC(c3ccccc3)[N-]C(c3cc(-c4ccc(-c5ccccc5)cc4)c4c(c3)sc3ccccc34)=N2)cc1. The molecule has 1 unspecified atom stereocenters. The van der Waals surface area contributed by atoms with Crippen molar-refractivity contribution in [3.05, 3.63) is 174 Å². The fourth-order valence-corrected chi connectivity index (χ4v) is 6.91. The average Bonchev–Trinajstić information content (AvgIpc) is 3.48. The molecule has 1 aromatic heterocycles. The van der Waals surface area contributed by atoms with Crippen LogP contribution in [0.1, 0.15) is 22.9 Å². The molecule has 0 bridgehead atoms. The molecule has 0 radical (unpaired) electrons. The minimum atomic E-state index is -0.365. The van der Waals surface area contributed by atoms with Crippen molar-refractivity contribution >= 4 is 43.2 Å². The molecule has 8 rings (SSSR count). The van der Waals surface area contributed by atoms with E-state index in [0.717, 1.165) is 16.7 Å². The van der Waals surface area contributed by atoms with Gasteiger partial charge in [-0.2, -0.15) is 0 Å². The van der Waals surface area contributed by atoms with Gasteiger partial charge in [-0.25, -0.2) is 0 Å². The molecular formula is C39H26N3S-. The second kappa shape index (κ2) is 10.8. The lowest BCUT2D eigenvalue weighted by Crippen LogP contribution is -2.15. The lowest BCUT2D eigenvalue weighted by Gasteiger charge is -2.32. The minimum absolute atomic E-state index is 0.365. The molecule has 1 aliphatic rings. The minimum Gasteiger partial charge on any atom is -0.438 e. The van der Waals surface area contributed by atoms with Gasteiger partial charge in [0.1, 0.15) is 0 Å². The molecule has 204 valence electrons. The van der Waals surface area contributed by atoms with Crippen molar-refractivity contribution < 1.29 is 0 Å². The van der Waals surface area contributed by atoms with Crippen molar-refractivity contribution in [3.8, 4) is 22.3 Å². The maximum atomic E-state index is 5.11. The van der Waals surface area contributed by atoms with Gasteiger partial charge in [0, 0.05) is 20.2 Å². The molecule has 6 aromatic carbocycles. The van der Waals surface area contributed by atoms with Crippen molar-refractivity contribution in [3.63, 3.8) is 0 Å². The number of nitrogens with zero attached hydrogens (tertiary/aromatic N) is 3. The van der Waals surface area contributed by atoms with Gasteiger partial charge in [0.05, 0.1) is 12.0 Å². The van der Waals surface area contributed by atoms with Gasteiger partial charge >= 0.3 is 0 Å². The van der Waals surface area contributed by atoms with E-state index in [9.17, 15) is 0 Å². The predicted octanol–water partition coefficient (Wildman–Crippen LogP) is 10.7. The number of hydrogen-bond donors (Lipinski definition) is 0. The summed E-state index contributed by atoms with van der Waals surface area (Å²) in [5, 5.41) is 7.65. The summed E-state index contributed by atoms with van der Waals surface area (Å²) >= 11 is 1.82. The summed E-state index contributed by atoms with van der Waals surface area (Å²) < 4.78 is 2.49. The van der Waals surface area contributed by atoms with Gasteiger partial charge in [-0.05, 0) is 57.1 Å². The molecule has 0 spiro atoms. The maximum absolute atomic E-state index is 5.11. The first-order valence-electron chi connectivity index (χ1n) is 14.4. The molecule has 0 saturated carbocycles. The topological polar surface area (TPSA) is 38.8 Å². The highest BCUT2D eigenvalue weighted by atomic mass is 32.1. The number of benzene rings is 6. The van der Waals surface area contributed by atoms with E-state index in [1.807, 2.05) is 47.7 Å². The Hall–Kier alpha value is -5.32. The highest BCUT2D eigenvalue weighted by molar-refractivity contribution is 7.26. The Labute approximate surface area is 254 Å². The Bertz CT molecular complexity index is 2130. The van der Waals surface area contributed by atoms with Crippen LogP contribution in [-0.4, -0.2) is 11.7 Å². The third-order valence-corrected chi connectivity index (χ3v) is 8.99. The molecule has 0 saturated heterocycles. The van der Waals surface area contributed by atoms with Crippen LogP contribution in [0.15, 0.2) is 162 Å². The molecule has 0 N–H and O–H groups in total. The van der Waals surface area contributed by atoms with Crippen molar-refractivity contribution in [1.82, 2.24) is 0 Å². The van der Waals surface area contributed by atoms with E-state index >= 15 is 0 Å². The fourth-order valence-electron chi connectivity index (χ4n) is 5.74. The Kier molecular flexibility index (Phi) is 6.39. The highest BCUT2D eigenvalue weighted by Gasteiger charge is 2.17. The van der Waals surface area contributed by atoms with E-state index in [2.05, 4.69) is 115 Å². The van der Waals surface area contributed by atoms with Crippen LogP contribution in [0, 0.1) is 0 Å². The lowest BCUT2D eigenvalue weighted by molar-refractivity contribution is 0.878. The first-order chi connectivity index (χ1) is 21.3. The molecule has 0 amide bonds. The summed E-state index contributed by atoms with van der Waals surface area (Å²) in [5.74, 6) is 1.40. The molecule has 2 heterocycles. The largest absolute Gasteiger partial charge is 0.438 e. The highest BCUT2D eigenvalue weighted by Crippen LogP contribution is 2.42. The number of thiophene rings is 1. The van der Waals surface area contributed by atoms with E-state index in [1.165, 1.54) is 42.4 Å². The molecule has 1 aliphatic heterocycles. The van der Waals surface area contributed by atoms with Crippen molar-refractivity contribution in [2.75, 3.05) is 0 Å². The van der Waals surface area contributed by atoms with Crippen LogP contribution in [0.2, 0.25) is 0 Å². The Balaban J connectivity index is 1.30. The zero-order valence-corrected chi connectivity index (χ0v) is 24.1. The zero-order chi connectivity index (χ0) is 28.6. The summed E-state index contributed by atoms with van der Waals surface area (Å²) in [4.78, 5) is 10.0. The Morgan fingerprint density at radius 2 is 1.12 bits per heavy atom. The third kappa shape index (κ3) is 4.82. The summed E-state index contributed by atoms with van der Waals surface area (Å²) in [6.07, 6.45) is -0.365. The first kappa shape index (κ1) is 25.4. The molecule has 0 fully saturated rings. The zero-order valence-electron chi connectivity index (χ0n) is 23.3. The van der Waals surface area contributed by atoms with E-state index in [0.29, 0.717) is 11.7 Å². The molecule has 43 heavy (non-hydrogen) atoms. The van der Waals surface area contributed by atoms with Gasteiger partial charge < -0.3 is 10.3 Å². The van der Waals surface area contributed by atoms with Gasteiger partial charge in [0.15, 0.2) is 0 Å². The van der Waals surface area contributed by atoms with Crippen LogP contribution in [0.4, 0.5) is 0 Å². The van der Waals surface area contributed by atoms with E-state index in [4.69, 9.17) is 15.3 Å². The Morgan fingerprint density at radius 3 is 1.86 bits per heavy atom. The first-order valence-corrected chi connectivity index (χ1v) is 15.2. The Morgan fingerprint density at radius 1 is 0.512 bits per heavy atom. The smallest absolute Gasteiger partial charge is 0.0822 e. The standard InChI is InChI=1S/C39H26N3S/c1-4-12-26(13-5-1)27-20-22-28(23-21-27)33-24-31(25-35-36(33)32-18-10-11-19-34(32)43-35)39-41-37(29-14-6-2-7-15-29)40-38(42-39)30-16-8-3-9-17-30/h1-25,37H/q-1. The van der Waals surface area contributed by atoms with E-state index < -0.39 is 0 Å². The number of fused-ring (bicyclic) bond motifs is 3. The predicted molar refractivity (Wildman–Crippen MR) is 182 cm³/mol. The summed E-state index contributed by atoms with van der Waals surface area (Å²) in [7, 11) is 0. The van der Waals surface area contributed by atoms with Crippen molar-refractivity contribution in [2.45, 2.75) is 6.17 Å². The van der Waals surface area contributed by atoms with Gasteiger partial charge in [-0.15, -0.1) is 11.3 Å². The quantitative estimate of drug-likeness (QED) is 0.198. The molecule has 0 aliphatic carbocycles. The van der Waals surface area contributed by atoms with Gasteiger partial charge in [-0.1, -0.05) is 139 Å². The van der Waals surface area contributed by atoms with Crippen LogP contribution >= 0.6 is 11.3 Å². The molecular weight excluding hydrogens is 543 g/mol. The molecule has 3 nitrogen and oxygen atoms in total. The number of aliphatic imine (C=N–C) groups is 2. The molecule has 7 aromatic rings. The maximum Gasteiger partial charge on any atom is 0.0822 e. The third-order valence-electron chi connectivity index (χ3n) is 7.87. The second-order valence-corrected chi connectivity index (χ2v) is 11.7. The average molecular weight is 569 g/mol. The lowest BCUT2D eigenvalue weighted by atomic mass is 9.95. The number of hydrogen-bond acceptors (Lipinski definition) is 3. The summed E-state index contributed by atoms with van der Waals surface area (Å²) in [6.45, 7) is 0. The van der Waals surface area contributed by atoms with E-state index in [-0.39, 0.29) is 6.17 Å². The summed E-state index contributed by atoms with van der Waals surface area (Å²) in [6, 6.07) is 53.0. The van der Waals surface area contributed by atoms with E-state index in [1.54, 1.807) is 0 Å². The van der Waals surface area contributed by atoms with Gasteiger partial charge in [0.2, 0.25) is 0 Å². The van der Waals surface area contributed by atoms with Gasteiger partial charge in [0.25, 0.3) is 0 Å². The number of rotatable bonds is 5. The normalized spacial score (nSPS) is 14.7. The summed E-state index contributed by atoms with van der Waals surface area (Å²) in [5.41, 5.74) is 7.78.